The van der Waals surface area contributed by atoms with Gasteiger partial charge < -0.3 is 28.6 Å². The number of nitrogens with two attached hydrogens (primary N) is 3. The van der Waals surface area contributed by atoms with Crippen LogP contribution in [0.3, 0.4) is 0 Å². The molecule has 9 N–H and O–H groups in total. The summed E-state index contributed by atoms with van der Waals surface area (Å²) in [5.74, 6) is -9.12. The van der Waals surface area contributed by atoms with E-state index in [-0.39, 0.29) is 0 Å². The zero-order chi connectivity index (χ0) is 24.8. The highest BCUT2D eigenvalue weighted by molar-refractivity contribution is 7.86. The molecule has 0 aliphatic rings. The van der Waals surface area contributed by atoms with E-state index in [0.29, 0.717) is 0 Å². The van der Waals surface area contributed by atoms with Gasteiger partial charge in [-0.1, -0.05) is 0 Å². The Kier molecular flexibility index (Phi) is 10.9. The zero-order valence-corrected chi connectivity index (χ0v) is 18.7. The normalized spacial score (nSPS) is 15.3. The van der Waals surface area contributed by atoms with Crippen LogP contribution >= 0.6 is 0 Å². The summed E-state index contributed by atoms with van der Waals surface area (Å²) in [5, 5.41) is 0. The average molecular weight is 531 g/mol. The quantitative estimate of drug-likeness (QED) is 0.101. The van der Waals surface area contributed by atoms with Crippen molar-refractivity contribution in [2.45, 2.75) is 18.1 Å². The fourth-order valence-electron chi connectivity index (χ4n) is 1.50. The third-order valence-electron chi connectivity index (χ3n) is 2.72. The molecule has 3 atom stereocenters. The van der Waals surface area contributed by atoms with Crippen LogP contribution in [0.4, 0.5) is 0 Å². The van der Waals surface area contributed by atoms with Gasteiger partial charge in [-0.05, 0) is 0 Å². The topological polar surface area (TPSA) is 320 Å². The first-order valence-corrected chi connectivity index (χ1v) is 13.7. The first-order valence-electron chi connectivity index (χ1n) is 7.44. The minimum absolute atomic E-state index is 1.36. The fourth-order valence-corrected chi connectivity index (χ4v) is 4.51. The number of hydrogen-bond donors (Lipinski definition) is 6. The average Bonchev–Trinajstić information content (AvgIpc) is 2.49. The second-order valence-electron chi connectivity index (χ2n) is 5.66. The molecule has 0 fully saturated rings. The van der Waals surface area contributed by atoms with Gasteiger partial charge >= 0.3 is 15.1 Å². The minimum atomic E-state index is -4.77. The van der Waals surface area contributed by atoms with Crippen LogP contribution in [-0.2, 0) is 56.1 Å². The molecule has 31 heavy (non-hydrogen) atoms. The van der Waals surface area contributed by atoms with Crippen LogP contribution in [0.1, 0.15) is 0 Å². The van der Waals surface area contributed by atoms with Crippen LogP contribution in [0.15, 0.2) is 0 Å². The third kappa shape index (κ3) is 14.3. The Morgan fingerprint density at radius 3 is 0.968 bits per heavy atom. The van der Waals surface area contributed by atoms with E-state index in [4.69, 9.17) is 30.9 Å². The van der Waals surface area contributed by atoms with E-state index < -0.39 is 98.8 Å². The van der Waals surface area contributed by atoms with Crippen molar-refractivity contribution in [1.29, 1.82) is 0 Å². The lowest BCUT2D eigenvalue weighted by Crippen LogP contribution is -2.49. The summed E-state index contributed by atoms with van der Waals surface area (Å²) >= 11 is -4.40. The molecule has 0 heterocycles. The molecule has 0 rings (SSSR count). The van der Waals surface area contributed by atoms with Crippen LogP contribution in [0.2, 0.25) is 0 Å². The second kappa shape index (κ2) is 11.4. The Morgan fingerprint density at radius 1 is 0.613 bits per heavy atom. The molecule has 22 heteroatoms. The van der Waals surface area contributed by atoms with E-state index in [2.05, 4.69) is 11.4 Å². The first-order chi connectivity index (χ1) is 13.7. The molecule has 0 saturated heterocycles. The molecule has 0 aliphatic heterocycles. The molecule has 0 spiro atoms. The summed E-state index contributed by atoms with van der Waals surface area (Å²) in [7, 11) is -14.3. The molecule has 0 aliphatic carbocycles. The Morgan fingerprint density at radius 2 is 0.806 bits per heavy atom. The Hall–Kier alpha value is -1.45. The van der Waals surface area contributed by atoms with Crippen LogP contribution < -0.4 is 17.2 Å². The van der Waals surface area contributed by atoms with Gasteiger partial charge in [-0.3, -0.25) is 28.0 Å². The molecule has 0 aromatic rings. The van der Waals surface area contributed by atoms with E-state index in [1.54, 1.807) is 0 Å². The maximum atomic E-state index is 11.8. The van der Waals surface area contributed by atoms with Gasteiger partial charge in [0.2, 0.25) is 0 Å². The maximum absolute atomic E-state index is 11.8. The van der Waals surface area contributed by atoms with Crippen molar-refractivity contribution in [2.24, 2.45) is 17.2 Å². The van der Waals surface area contributed by atoms with Crippen molar-refractivity contribution >= 4 is 63.4 Å². The summed E-state index contributed by atoms with van der Waals surface area (Å²) in [6.45, 7) is 0. The molecule has 18 nitrogen and oxygen atoms in total. The minimum Gasteiger partial charge on any atom is -0.550 e. The molecule has 0 bridgehead atoms. The van der Waals surface area contributed by atoms with Gasteiger partial charge in [0.05, 0.1) is 0 Å². The lowest BCUT2D eigenvalue weighted by Gasteiger charge is -2.18. The van der Waals surface area contributed by atoms with Gasteiger partial charge in [-0.25, -0.2) is 0 Å². The summed E-state index contributed by atoms with van der Waals surface area (Å²) < 4.78 is 104. The van der Waals surface area contributed by atoms with Crippen molar-refractivity contribution in [1.82, 2.24) is 0 Å². The third-order valence-corrected chi connectivity index (χ3v) is 6.33. The van der Waals surface area contributed by atoms with E-state index in [1.807, 2.05) is 0 Å². The molecular weight excluding hydrogens is 513 g/mol. The van der Waals surface area contributed by atoms with E-state index in [1.165, 1.54) is 0 Å². The van der Waals surface area contributed by atoms with Gasteiger partial charge in [-0.2, -0.15) is 25.3 Å². The smallest absolute Gasteiger partial charge is 0.550 e. The highest BCUT2D eigenvalue weighted by Gasteiger charge is 2.51. The fraction of sp³-hybridized carbons (Fsp3) is 0.667. The maximum Gasteiger partial charge on any atom is 1.20 e. The van der Waals surface area contributed by atoms with Gasteiger partial charge in [0.25, 0.3) is 48.3 Å². The van der Waals surface area contributed by atoms with Crippen LogP contribution in [0.5, 0.6) is 0 Å². The lowest BCUT2D eigenvalue weighted by molar-refractivity contribution is -0.149. The van der Waals surface area contributed by atoms with Crippen molar-refractivity contribution < 1.29 is 64.7 Å². The van der Waals surface area contributed by atoms with Crippen LogP contribution in [-0.4, -0.2) is 107 Å². The van der Waals surface area contributed by atoms with Crippen molar-refractivity contribution in [3.63, 3.8) is 0 Å². The van der Waals surface area contributed by atoms with E-state index in [0.717, 1.165) is 0 Å². The number of carbonyl (C=O) groups is 3. The van der Waals surface area contributed by atoms with Crippen molar-refractivity contribution in [2.75, 3.05) is 17.3 Å². The zero-order valence-electron chi connectivity index (χ0n) is 15.1. The summed E-state index contributed by atoms with van der Waals surface area (Å²) in [5.41, 5.74) is 15.5. The predicted molar refractivity (Wildman–Crippen MR) is 97.2 cm³/mol. The van der Waals surface area contributed by atoms with Crippen molar-refractivity contribution in [3.05, 3.63) is 0 Å². The van der Waals surface area contributed by atoms with Gasteiger partial charge in [0, 0.05) is 0 Å². The predicted octanol–water partition coefficient (Wildman–Crippen LogP) is -5.75. The summed E-state index contributed by atoms with van der Waals surface area (Å²) in [6, 6.07) is -6.21. The molecule has 0 aromatic heterocycles. The molecule has 0 unspecified atom stereocenters. The Labute approximate surface area is 180 Å². The Balaban J connectivity index is 5.48. The molecule has 180 valence electrons. The van der Waals surface area contributed by atoms with Gasteiger partial charge in [0.1, 0.15) is 35.4 Å². The molecule has 0 aromatic carbocycles. The molecular formula is C9H18AlN3O15S3. The van der Waals surface area contributed by atoms with Crippen LogP contribution in [0.25, 0.3) is 0 Å². The molecule has 0 amide bonds. The SMILES string of the molecule is N[C@@H](CS(=O)(=O)O)C(=O)[O][Al]([O]C(=O)[C@@H](N)CS(=O)(=O)O)[O]C(=O)[C@@H](N)CS(=O)(=O)O. The highest BCUT2D eigenvalue weighted by atomic mass is 32.2. The number of hydrogen-bond acceptors (Lipinski definition) is 15. The largest absolute Gasteiger partial charge is 1.20 e. The summed E-state index contributed by atoms with van der Waals surface area (Å²) in [6.07, 6.45) is 0. The number of carbonyl (C=O) groups excluding carboxylic acids is 3. The summed E-state index contributed by atoms with van der Waals surface area (Å²) in [4.78, 5) is 35.4. The van der Waals surface area contributed by atoms with E-state index in [9.17, 15) is 39.6 Å². The van der Waals surface area contributed by atoms with Crippen LogP contribution in [0, 0.1) is 0 Å². The number of rotatable bonds is 12. The molecule has 0 radical (unpaired) electrons. The van der Waals surface area contributed by atoms with Crippen molar-refractivity contribution in [3.8, 4) is 0 Å². The molecule has 0 saturated carbocycles. The standard InChI is InChI=1S/3C3H7NO5S.Al/c3*4-2(3(5)6)1-10(7,8)9;/h3*2H,1,4H2,(H,5,6)(H,7,8,9);/q;;;+3/p-3/t3*2-;/m000./s1. The van der Waals surface area contributed by atoms with E-state index >= 15 is 0 Å². The van der Waals surface area contributed by atoms with Gasteiger partial charge in [-0.15, -0.1) is 0 Å². The monoisotopic (exact) mass is 531 g/mol. The lowest BCUT2D eigenvalue weighted by atomic mass is 10.4. The first kappa shape index (κ1) is 29.6. The second-order valence-corrected chi connectivity index (χ2v) is 11.4. The highest BCUT2D eigenvalue weighted by Crippen LogP contribution is 2.04. The van der Waals surface area contributed by atoms with Gasteiger partial charge in [0.15, 0.2) is 0 Å². The Bertz CT molecular complexity index is 866.